The van der Waals surface area contributed by atoms with E-state index in [1.807, 2.05) is 13.8 Å². The Morgan fingerprint density at radius 2 is 1.02 bits per heavy atom. The van der Waals surface area contributed by atoms with Crippen LogP contribution in [0.3, 0.4) is 0 Å². The first-order valence-electron chi connectivity index (χ1n) is 21.1. The molecular weight excluding hydrogens is 825 g/mol. The normalized spacial score (nSPS) is 15.5. The fraction of sp³-hybridized carbons (Fsp3) is 0.878. The number of hydrogen-bond acceptors (Lipinski definition) is 13. The Hall–Kier alpha value is -2.87. The van der Waals surface area contributed by atoms with E-state index in [1.54, 1.807) is 13.8 Å². The molecule has 0 fully saturated rings. The minimum absolute atomic E-state index is 0.0129. The number of esters is 3. The van der Waals surface area contributed by atoms with Gasteiger partial charge in [0.15, 0.2) is 0 Å². The van der Waals surface area contributed by atoms with Gasteiger partial charge in [-0.2, -0.15) is 16.8 Å². The summed E-state index contributed by atoms with van der Waals surface area (Å²) in [5, 5.41) is 5.31. The molecule has 0 aromatic carbocycles. The van der Waals surface area contributed by atoms with Crippen molar-refractivity contribution in [3.8, 4) is 0 Å². The van der Waals surface area contributed by atoms with Gasteiger partial charge in [0.05, 0.1) is 61.2 Å². The number of ether oxygens (including phenoxy) is 4. The molecule has 0 aliphatic rings. The lowest BCUT2D eigenvalue weighted by Crippen LogP contribution is -2.50. The molecule has 2 amide bonds. The molecule has 6 atom stereocenters. The number of methoxy groups -OCH3 is 2. The number of rotatable bonds is 33. The van der Waals surface area contributed by atoms with Crippen LogP contribution in [0.15, 0.2) is 0 Å². The number of carbonyl (C=O) groups excluding carboxylic acids is 5. The van der Waals surface area contributed by atoms with Crippen LogP contribution in [-0.4, -0.2) is 112 Å². The average Bonchev–Trinajstić information content (AvgIpc) is 3.11. The van der Waals surface area contributed by atoms with Crippen molar-refractivity contribution >= 4 is 50.0 Å². The van der Waals surface area contributed by atoms with Gasteiger partial charge in [0.2, 0.25) is 11.8 Å². The monoisotopic (exact) mass is 900 g/mol. The number of hydrogen-bond donors (Lipinski definition) is 4. The van der Waals surface area contributed by atoms with Gasteiger partial charge in [0.25, 0.3) is 20.2 Å². The van der Waals surface area contributed by atoms with Crippen LogP contribution in [0.4, 0.5) is 0 Å². The van der Waals surface area contributed by atoms with Gasteiger partial charge in [0, 0.05) is 25.0 Å². The molecule has 0 aromatic heterocycles. The van der Waals surface area contributed by atoms with Crippen molar-refractivity contribution in [1.82, 2.24) is 10.6 Å². The van der Waals surface area contributed by atoms with Gasteiger partial charge in [-0.1, -0.05) is 59.8 Å². The first kappa shape index (κ1) is 57.1. The first-order chi connectivity index (χ1) is 27.7. The minimum atomic E-state index is -4.38. The molecule has 0 aliphatic heterocycles. The van der Waals surface area contributed by atoms with Crippen molar-refractivity contribution in [2.45, 2.75) is 150 Å². The second-order valence-corrected chi connectivity index (χ2v) is 20.4. The molecule has 0 heterocycles. The Balaban J connectivity index is 5.85. The molecule has 0 saturated carbocycles. The van der Waals surface area contributed by atoms with Crippen molar-refractivity contribution in [3.63, 3.8) is 0 Å². The molecule has 0 aromatic rings. The van der Waals surface area contributed by atoms with Gasteiger partial charge in [-0.15, -0.1) is 0 Å². The third-order valence-electron chi connectivity index (χ3n) is 10.2. The van der Waals surface area contributed by atoms with E-state index < -0.39 is 102 Å². The summed E-state index contributed by atoms with van der Waals surface area (Å²) in [4.78, 5) is 65.6. The van der Waals surface area contributed by atoms with Crippen molar-refractivity contribution in [3.05, 3.63) is 0 Å². The van der Waals surface area contributed by atoms with E-state index in [9.17, 15) is 49.9 Å². The van der Waals surface area contributed by atoms with Gasteiger partial charge >= 0.3 is 17.9 Å². The summed E-state index contributed by atoms with van der Waals surface area (Å²) in [5.74, 6) is -7.42. The maximum absolute atomic E-state index is 13.3. The molecule has 0 radical (unpaired) electrons. The highest BCUT2D eigenvalue weighted by atomic mass is 32.2. The van der Waals surface area contributed by atoms with Crippen LogP contribution in [-0.2, 0) is 63.2 Å². The van der Waals surface area contributed by atoms with Crippen LogP contribution in [0.2, 0.25) is 0 Å². The van der Waals surface area contributed by atoms with Gasteiger partial charge < -0.3 is 29.6 Å². The second-order valence-electron chi connectivity index (χ2n) is 17.5. The van der Waals surface area contributed by atoms with E-state index in [1.165, 1.54) is 41.9 Å². The largest absolute Gasteiger partial charge is 0.469 e. The topological polar surface area (TPSA) is 255 Å². The van der Waals surface area contributed by atoms with Crippen LogP contribution >= 0.6 is 0 Å². The lowest BCUT2D eigenvalue weighted by atomic mass is 9.83. The number of amides is 2. The molecule has 6 unspecified atom stereocenters. The summed E-state index contributed by atoms with van der Waals surface area (Å²) in [7, 11) is -6.16. The second kappa shape index (κ2) is 27.9. The highest BCUT2D eigenvalue weighted by molar-refractivity contribution is 7.86. The summed E-state index contributed by atoms with van der Waals surface area (Å²) >= 11 is 0. The fourth-order valence-electron chi connectivity index (χ4n) is 7.19. The lowest BCUT2D eigenvalue weighted by Gasteiger charge is -2.29. The average molecular weight is 901 g/mol. The summed E-state index contributed by atoms with van der Waals surface area (Å²) < 4.78 is 86.2. The van der Waals surface area contributed by atoms with Crippen molar-refractivity contribution in [1.29, 1.82) is 0 Å². The molecule has 0 saturated heterocycles. The van der Waals surface area contributed by atoms with E-state index in [-0.39, 0.29) is 25.4 Å². The van der Waals surface area contributed by atoms with Gasteiger partial charge in [0.1, 0.15) is 0 Å². The third kappa shape index (κ3) is 26.5. The van der Waals surface area contributed by atoms with Gasteiger partial charge in [-0.3, -0.25) is 33.1 Å². The smallest absolute Gasteiger partial charge is 0.308 e. The Kier molecular flexibility index (Phi) is 26.6. The molecule has 60 heavy (non-hydrogen) atoms. The summed E-state index contributed by atoms with van der Waals surface area (Å²) in [6.45, 7) is 14.2. The molecule has 19 heteroatoms. The van der Waals surface area contributed by atoms with E-state index >= 15 is 0 Å². The molecule has 0 rings (SSSR count). The van der Waals surface area contributed by atoms with E-state index in [2.05, 4.69) is 10.6 Å². The molecule has 0 spiro atoms. The van der Waals surface area contributed by atoms with Gasteiger partial charge in [-0.25, -0.2) is 0 Å². The quantitative estimate of drug-likeness (QED) is 0.0282. The van der Waals surface area contributed by atoms with Crippen LogP contribution in [0.25, 0.3) is 0 Å². The summed E-state index contributed by atoms with van der Waals surface area (Å²) in [5.41, 5.74) is -2.50. The molecule has 17 nitrogen and oxygen atoms in total. The highest BCUT2D eigenvalue weighted by Crippen LogP contribution is 2.30. The first-order valence-corrected chi connectivity index (χ1v) is 24.4. The van der Waals surface area contributed by atoms with Gasteiger partial charge in [-0.05, 0) is 85.0 Å². The zero-order chi connectivity index (χ0) is 46.3. The Morgan fingerprint density at radius 1 is 0.583 bits per heavy atom. The standard InChI is InChI=1S/C41H76N2O15S2/c1-11-13-20-57-26-31(22-29(3)35(44)42-40(5,6)27-59(49,50)51)24-32(37(46)55-9)18-16-15-17-19-33(38(47)56-10)25-34(39(48)58-21-14-12-2)23-30(4)36(45)43-41(7,8)28-60(52,53)54/h29-34H,11-28H2,1-10H3,(H,42,44)(H,43,45)(H,49,50,51)(H,52,53,54). The zero-order valence-corrected chi connectivity index (χ0v) is 39.3. The van der Waals surface area contributed by atoms with Crippen LogP contribution in [0.5, 0.6) is 0 Å². The van der Waals surface area contributed by atoms with Crippen molar-refractivity contribution < 1.29 is 68.9 Å². The maximum atomic E-state index is 13.3. The summed E-state index contributed by atoms with van der Waals surface area (Å²) in [6, 6.07) is 0. The third-order valence-corrected chi connectivity index (χ3v) is 12.3. The van der Waals surface area contributed by atoms with Crippen molar-refractivity contribution in [2.24, 2.45) is 35.5 Å². The fourth-order valence-corrected chi connectivity index (χ4v) is 9.16. The minimum Gasteiger partial charge on any atom is -0.469 e. The van der Waals surface area contributed by atoms with E-state index in [0.29, 0.717) is 64.6 Å². The number of unbranched alkanes of at least 4 members (excludes halogenated alkanes) is 4. The molecule has 352 valence electrons. The zero-order valence-electron chi connectivity index (χ0n) is 37.7. The van der Waals surface area contributed by atoms with E-state index in [4.69, 9.17) is 18.9 Å². The Bertz CT molecular complexity index is 1550. The Morgan fingerprint density at radius 3 is 1.45 bits per heavy atom. The predicted octanol–water partition coefficient (Wildman–Crippen LogP) is 5.31. The maximum Gasteiger partial charge on any atom is 0.308 e. The lowest BCUT2D eigenvalue weighted by molar-refractivity contribution is -0.152. The molecular formula is C41H76N2O15S2. The Labute approximate surface area is 359 Å². The predicted molar refractivity (Wildman–Crippen MR) is 227 cm³/mol. The molecule has 4 N–H and O–H groups in total. The number of carbonyl (C=O) groups is 5. The molecule has 0 aliphatic carbocycles. The van der Waals surface area contributed by atoms with Crippen LogP contribution in [0, 0.1) is 35.5 Å². The van der Waals surface area contributed by atoms with Crippen LogP contribution < -0.4 is 10.6 Å². The van der Waals surface area contributed by atoms with Crippen LogP contribution in [0.1, 0.15) is 139 Å². The summed E-state index contributed by atoms with van der Waals surface area (Å²) in [6.07, 6.45) is 6.52. The number of nitrogens with one attached hydrogen (secondary N) is 2. The molecule has 0 bridgehead atoms. The van der Waals surface area contributed by atoms with E-state index in [0.717, 1.165) is 19.3 Å². The van der Waals surface area contributed by atoms with Crippen molar-refractivity contribution in [2.75, 3.05) is 45.5 Å². The SMILES string of the molecule is CCCCOCC(CC(C)C(=O)NC(C)(C)CS(=O)(=O)O)CC(CCCCCC(CC(CC(C)C(=O)NC(C)(C)CS(=O)(=O)O)C(=O)OCCCC)C(=O)OC)C(=O)OC. The highest BCUT2D eigenvalue weighted by Gasteiger charge is 2.35.